The molecule has 30 heavy (non-hydrogen) atoms. The lowest BCUT2D eigenvalue weighted by atomic mass is 9.74. The molecule has 0 aromatic heterocycles. The van der Waals surface area contributed by atoms with Crippen molar-refractivity contribution in [1.29, 1.82) is 5.26 Å². The van der Waals surface area contributed by atoms with Gasteiger partial charge in [-0.1, -0.05) is 35.4 Å². The summed E-state index contributed by atoms with van der Waals surface area (Å²) in [6.45, 7) is 3.98. The van der Waals surface area contributed by atoms with E-state index in [9.17, 15) is 14.4 Å². The molecule has 1 atom stereocenters. The first-order valence-corrected chi connectivity index (χ1v) is 10.2. The van der Waals surface area contributed by atoms with Crippen LogP contribution in [0.1, 0.15) is 41.9 Å². The summed E-state index contributed by atoms with van der Waals surface area (Å²) >= 11 is 6.01. The number of Topliss-reactive ketones (excluding diaryl/α,β-unsaturated/α-hetero) is 1. The van der Waals surface area contributed by atoms with E-state index in [1.54, 1.807) is 11.0 Å². The minimum atomic E-state index is -0.539. The number of allylic oxidation sites excluding steroid dienone is 3. The number of hydrogen-bond acceptors (Lipinski definition) is 4. The Hall–Kier alpha value is -3.10. The average Bonchev–Trinajstić information content (AvgIpc) is 2.70. The van der Waals surface area contributed by atoms with E-state index in [2.05, 4.69) is 6.07 Å². The van der Waals surface area contributed by atoms with Gasteiger partial charge in [0.25, 0.3) is 0 Å². The van der Waals surface area contributed by atoms with Crippen LogP contribution in [0.25, 0.3) is 0 Å². The Morgan fingerprint density at radius 2 is 1.97 bits per heavy atom. The van der Waals surface area contributed by atoms with Crippen LogP contribution in [0.2, 0.25) is 5.02 Å². The number of rotatable bonds is 2. The fraction of sp³-hybridized carbons (Fsp3) is 0.250. The molecule has 2 aliphatic rings. The number of ketones is 1. The minimum Gasteiger partial charge on any atom is -0.384 e. The number of benzene rings is 2. The zero-order valence-electron chi connectivity index (χ0n) is 16.8. The molecule has 0 saturated heterocycles. The highest BCUT2D eigenvalue weighted by Gasteiger charge is 2.40. The average molecular weight is 422 g/mol. The maximum absolute atomic E-state index is 13.7. The lowest BCUT2D eigenvalue weighted by Crippen LogP contribution is -2.38. The molecule has 0 saturated carbocycles. The smallest absolute Gasteiger partial charge is 0.161 e. The third-order valence-corrected chi connectivity index (χ3v) is 6.10. The van der Waals surface area contributed by atoms with Gasteiger partial charge in [0.2, 0.25) is 0 Å². The van der Waals surface area contributed by atoms with E-state index in [1.165, 1.54) is 12.1 Å². The summed E-state index contributed by atoms with van der Waals surface area (Å²) in [7, 11) is 0. The van der Waals surface area contributed by atoms with Crippen molar-refractivity contribution in [3.63, 3.8) is 0 Å². The first-order valence-electron chi connectivity index (χ1n) is 9.81. The van der Waals surface area contributed by atoms with Crippen LogP contribution < -0.4 is 10.6 Å². The molecule has 4 rings (SSSR count). The maximum Gasteiger partial charge on any atom is 0.161 e. The van der Waals surface area contributed by atoms with Crippen molar-refractivity contribution in [1.82, 2.24) is 0 Å². The third-order valence-electron chi connectivity index (χ3n) is 5.81. The normalized spacial score (nSPS) is 19.1. The molecule has 1 heterocycles. The van der Waals surface area contributed by atoms with Gasteiger partial charge in [0.1, 0.15) is 11.6 Å². The summed E-state index contributed by atoms with van der Waals surface area (Å²) in [5.41, 5.74) is 11.7. The monoisotopic (exact) mass is 421 g/mol. The molecule has 2 aromatic carbocycles. The van der Waals surface area contributed by atoms with Gasteiger partial charge in [0, 0.05) is 23.4 Å². The van der Waals surface area contributed by atoms with E-state index in [1.807, 2.05) is 32.0 Å². The van der Waals surface area contributed by atoms with E-state index in [0.717, 1.165) is 22.4 Å². The molecule has 0 amide bonds. The van der Waals surface area contributed by atoms with Crippen LogP contribution >= 0.6 is 11.6 Å². The Morgan fingerprint density at radius 3 is 2.63 bits per heavy atom. The molecule has 2 N–H and O–H groups in total. The number of nitrogens with zero attached hydrogens (tertiary/aromatic N) is 2. The van der Waals surface area contributed by atoms with Crippen molar-refractivity contribution < 1.29 is 9.18 Å². The predicted octanol–water partition coefficient (Wildman–Crippen LogP) is 5.40. The van der Waals surface area contributed by atoms with Gasteiger partial charge < -0.3 is 5.73 Å². The van der Waals surface area contributed by atoms with Crippen LogP contribution in [0.15, 0.2) is 59.1 Å². The quantitative estimate of drug-likeness (QED) is 0.704. The summed E-state index contributed by atoms with van der Waals surface area (Å²) in [6, 6.07) is 12.5. The highest BCUT2D eigenvalue weighted by atomic mass is 35.5. The van der Waals surface area contributed by atoms with Gasteiger partial charge in [-0.2, -0.15) is 5.26 Å². The summed E-state index contributed by atoms with van der Waals surface area (Å²) in [6.07, 6.45) is 1.76. The van der Waals surface area contributed by atoms with Crippen LogP contribution in [0.3, 0.4) is 0 Å². The number of hydrogen-bond donors (Lipinski definition) is 1. The third kappa shape index (κ3) is 3.18. The van der Waals surface area contributed by atoms with E-state index in [4.69, 9.17) is 17.3 Å². The molecule has 6 heteroatoms. The molecule has 0 fully saturated rings. The van der Waals surface area contributed by atoms with Crippen molar-refractivity contribution in [3.05, 3.63) is 86.6 Å². The molecule has 0 radical (unpaired) electrons. The topological polar surface area (TPSA) is 70.1 Å². The second-order valence-corrected chi connectivity index (χ2v) is 8.18. The zero-order chi connectivity index (χ0) is 21.6. The van der Waals surface area contributed by atoms with E-state index >= 15 is 0 Å². The molecular formula is C24H21ClFN3O. The van der Waals surface area contributed by atoms with Gasteiger partial charge in [-0.3, -0.25) is 9.69 Å². The van der Waals surface area contributed by atoms with Crippen LogP contribution in [-0.2, 0) is 4.79 Å². The van der Waals surface area contributed by atoms with E-state index in [0.29, 0.717) is 36.1 Å². The Balaban J connectivity index is 1.99. The number of aryl methyl sites for hydroxylation is 2. The minimum absolute atomic E-state index is 0.0136. The summed E-state index contributed by atoms with van der Waals surface area (Å²) in [5.74, 6) is -0.786. The van der Waals surface area contributed by atoms with Crippen molar-refractivity contribution >= 4 is 23.1 Å². The van der Waals surface area contributed by atoms with Gasteiger partial charge in [-0.15, -0.1) is 0 Å². The van der Waals surface area contributed by atoms with Gasteiger partial charge in [0.15, 0.2) is 5.78 Å². The predicted molar refractivity (Wildman–Crippen MR) is 115 cm³/mol. The number of halogens is 2. The fourth-order valence-corrected chi connectivity index (χ4v) is 4.64. The molecular weight excluding hydrogens is 401 g/mol. The Bertz CT molecular complexity index is 1180. The van der Waals surface area contributed by atoms with Gasteiger partial charge in [-0.25, -0.2) is 4.39 Å². The molecule has 0 bridgehead atoms. The maximum atomic E-state index is 13.7. The molecule has 152 valence electrons. The number of nitrogens with two attached hydrogens (primary N) is 1. The molecule has 2 aromatic rings. The second-order valence-electron chi connectivity index (χ2n) is 7.77. The second kappa shape index (κ2) is 7.62. The van der Waals surface area contributed by atoms with Gasteiger partial charge in [0.05, 0.1) is 22.6 Å². The summed E-state index contributed by atoms with van der Waals surface area (Å²) in [4.78, 5) is 14.8. The Labute approximate surface area is 180 Å². The first-order chi connectivity index (χ1) is 14.3. The van der Waals surface area contributed by atoms with E-state index in [-0.39, 0.29) is 16.6 Å². The van der Waals surface area contributed by atoms with Crippen molar-refractivity contribution in [2.45, 2.75) is 39.0 Å². The highest BCUT2D eigenvalue weighted by Crippen LogP contribution is 2.47. The molecule has 1 aliphatic heterocycles. The Morgan fingerprint density at radius 1 is 1.20 bits per heavy atom. The number of anilines is 1. The van der Waals surface area contributed by atoms with Crippen molar-refractivity contribution in [2.75, 3.05) is 4.90 Å². The molecule has 1 unspecified atom stereocenters. The highest BCUT2D eigenvalue weighted by molar-refractivity contribution is 6.31. The molecule has 1 aliphatic carbocycles. The Kier molecular flexibility index (Phi) is 5.13. The first kappa shape index (κ1) is 20.2. The van der Waals surface area contributed by atoms with Crippen LogP contribution in [-0.4, -0.2) is 5.78 Å². The number of carbonyl (C=O) groups excluding carboxylic acids is 1. The van der Waals surface area contributed by atoms with Crippen molar-refractivity contribution in [2.24, 2.45) is 5.73 Å². The number of nitriles is 1. The van der Waals surface area contributed by atoms with Crippen LogP contribution in [0.4, 0.5) is 10.1 Å². The molecule has 4 nitrogen and oxygen atoms in total. The lowest BCUT2D eigenvalue weighted by Gasteiger charge is -2.40. The standard InChI is InChI=1S/C24H21ClFN3O/c1-13-6-8-16(14(2)10-13)22-17(12-27)24(28)29(15-7-9-19(26)18(25)11-15)20-4-3-5-21(30)23(20)22/h6-11,22H,3-5,28H2,1-2H3. The summed E-state index contributed by atoms with van der Waals surface area (Å²) < 4.78 is 13.7. The zero-order valence-corrected chi connectivity index (χ0v) is 17.6. The fourth-order valence-electron chi connectivity index (χ4n) is 4.47. The van der Waals surface area contributed by atoms with Gasteiger partial charge >= 0.3 is 0 Å². The lowest BCUT2D eigenvalue weighted by molar-refractivity contribution is -0.116. The molecule has 0 spiro atoms. The summed E-state index contributed by atoms with van der Waals surface area (Å²) in [5, 5.41) is 10.0. The van der Waals surface area contributed by atoms with Gasteiger partial charge in [-0.05, 0) is 56.0 Å². The SMILES string of the molecule is Cc1ccc(C2C(C#N)=C(N)N(c3ccc(F)c(Cl)c3)C3=C2C(=O)CCC3)c(C)c1. The largest absolute Gasteiger partial charge is 0.384 e. The van der Waals surface area contributed by atoms with Crippen LogP contribution in [0.5, 0.6) is 0 Å². The van der Waals surface area contributed by atoms with Crippen molar-refractivity contribution in [3.8, 4) is 6.07 Å². The van der Waals surface area contributed by atoms with Crippen LogP contribution in [0, 0.1) is 31.0 Å². The van der Waals surface area contributed by atoms with E-state index < -0.39 is 11.7 Å². The number of carbonyl (C=O) groups is 1.